The van der Waals surface area contributed by atoms with Crippen LogP contribution < -0.4 is 16.0 Å². The number of nitrogens with one attached hydrogen (secondary N) is 3. The molecule has 0 aromatic heterocycles. The number of amides is 3. The Balaban J connectivity index is 2.74. The van der Waals surface area contributed by atoms with Crippen LogP contribution in [-0.2, 0) is 19.1 Å². The molecule has 0 aliphatic carbocycles. The summed E-state index contributed by atoms with van der Waals surface area (Å²) in [5.41, 5.74) is 0.806. The van der Waals surface area contributed by atoms with Crippen LogP contribution in [0.15, 0.2) is 11.3 Å². The van der Waals surface area contributed by atoms with Crippen molar-refractivity contribution in [2.24, 2.45) is 0 Å². The standard InChI is InChI=1S/C15H26N4O5/c1-5-24-14(21)13-10(2)17-15(22)18-11(13)8-19(3)9-12(20)16-6-7-23-4/h10H,5-9H2,1-4H3,(H,16,20)(H2,17,18,22). The van der Waals surface area contributed by atoms with Gasteiger partial charge in [-0.15, -0.1) is 0 Å². The number of ether oxygens (including phenoxy) is 2. The molecule has 136 valence electrons. The Labute approximate surface area is 141 Å². The molecule has 1 aliphatic heterocycles. The molecule has 9 heteroatoms. The highest BCUT2D eigenvalue weighted by Gasteiger charge is 2.30. The number of nitrogens with zero attached hydrogens (tertiary/aromatic N) is 1. The van der Waals surface area contributed by atoms with Gasteiger partial charge in [0.15, 0.2) is 0 Å². The third-order valence-electron chi connectivity index (χ3n) is 3.34. The third-order valence-corrected chi connectivity index (χ3v) is 3.34. The molecule has 0 radical (unpaired) electrons. The quantitative estimate of drug-likeness (QED) is 0.374. The van der Waals surface area contributed by atoms with E-state index in [4.69, 9.17) is 9.47 Å². The lowest BCUT2D eigenvalue weighted by Gasteiger charge is -2.28. The van der Waals surface area contributed by atoms with Gasteiger partial charge in [-0.05, 0) is 20.9 Å². The summed E-state index contributed by atoms with van der Waals surface area (Å²) in [7, 11) is 3.28. The van der Waals surface area contributed by atoms with Crippen LogP contribution in [0, 0.1) is 0 Å². The van der Waals surface area contributed by atoms with E-state index in [-0.39, 0.29) is 31.6 Å². The van der Waals surface area contributed by atoms with Gasteiger partial charge in [0.1, 0.15) is 0 Å². The predicted molar refractivity (Wildman–Crippen MR) is 87.2 cm³/mol. The van der Waals surface area contributed by atoms with Crippen LogP contribution >= 0.6 is 0 Å². The number of rotatable bonds is 9. The summed E-state index contributed by atoms with van der Waals surface area (Å²) in [4.78, 5) is 37.3. The van der Waals surface area contributed by atoms with E-state index in [0.717, 1.165) is 0 Å². The summed E-state index contributed by atoms with van der Waals surface area (Å²) in [5, 5.41) is 7.97. The Morgan fingerprint density at radius 1 is 1.38 bits per heavy atom. The van der Waals surface area contributed by atoms with Crippen LogP contribution in [0.1, 0.15) is 13.8 Å². The largest absolute Gasteiger partial charge is 0.463 e. The van der Waals surface area contributed by atoms with Gasteiger partial charge in [-0.1, -0.05) is 0 Å². The van der Waals surface area contributed by atoms with Crippen LogP contribution in [-0.4, -0.2) is 75.9 Å². The van der Waals surface area contributed by atoms with Gasteiger partial charge in [0.2, 0.25) is 5.91 Å². The van der Waals surface area contributed by atoms with Gasteiger partial charge < -0.3 is 25.4 Å². The Hall–Kier alpha value is -2.13. The van der Waals surface area contributed by atoms with Gasteiger partial charge in [-0.2, -0.15) is 0 Å². The highest BCUT2D eigenvalue weighted by atomic mass is 16.5. The van der Waals surface area contributed by atoms with Gasteiger partial charge in [-0.3, -0.25) is 9.69 Å². The maximum atomic E-state index is 12.1. The lowest BCUT2D eigenvalue weighted by atomic mass is 10.0. The molecule has 3 amide bonds. The van der Waals surface area contributed by atoms with E-state index in [1.54, 1.807) is 32.9 Å². The first kappa shape index (κ1) is 19.9. The van der Waals surface area contributed by atoms with E-state index in [9.17, 15) is 14.4 Å². The van der Waals surface area contributed by atoms with Crippen molar-refractivity contribution in [2.45, 2.75) is 19.9 Å². The van der Waals surface area contributed by atoms with E-state index < -0.39 is 12.0 Å². The average Bonchev–Trinajstić information content (AvgIpc) is 2.46. The highest BCUT2D eigenvalue weighted by Crippen LogP contribution is 2.15. The molecule has 0 saturated carbocycles. The molecule has 1 atom stereocenters. The van der Waals surface area contributed by atoms with Crippen LogP contribution in [0.3, 0.4) is 0 Å². The minimum Gasteiger partial charge on any atom is -0.463 e. The van der Waals surface area contributed by atoms with E-state index in [1.807, 2.05) is 0 Å². The fourth-order valence-corrected chi connectivity index (χ4v) is 2.32. The van der Waals surface area contributed by atoms with E-state index >= 15 is 0 Å². The maximum absolute atomic E-state index is 12.1. The molecule has 0 bridgehead atoms. The Kier molecular flexibility index (Phi) is 8.20. The fraction of sp³-hybridized carbons (Fsp3) is 0.667. The van der Waals surface area contributed by atoms with Gasteiger partial charge >= 0.3 is 12.0 Å². The van der Waals surface area contributed by atoms with Gasteiger partial charge in [0.25, 0.3) is 0 Å². The summed E-state index contributed by atoms with van der Waals surface area (Å²) >= 11 is 0. The number of carbonyl (C=O) groups excluding carboxylic acids is 3. The van der Waals surface area contributed by atoms with Gasteiger partial charge in [-0.25, -0.2) is 9.59 Å². The van der Waals surface area contributed by atoms with Gasteiger partial charge in [0.05, 0.1) is 31.4 Å². The van der Waals surface area contributed by atoms with E-state index in [1.165, 1.54) is 0 Å². The van der Waals surface area contributed by atoms with Crippen molar-refractivity contribution >= 4 is 17.9 Å². The van der Waals surface area contributed by atoms with Crippen molar-refractivity contribution in [2.75, 3.05) is 47.0 Å². The van der Waals surface area contributed by atoms with Crippen LogP contribution in [0.2, 0.25) is 0 Å². The molecule has 0 aromatic rings. The number of esters is 1. The summed E-state index contributed by atoms with van der Waals surface area (Å²) < 4.78 is 9.91. The van der Waals surface area contributed by atoms with E-state index in [2.05, 4.69) is 16.0 Å². The number of carbonyl (C=O) groups is 3. The van der Waals surface area contributed by atoms with Crippen LogP contribution in [0.5, 0.6) is 0 Å². The molecule has 1 unspecified atom stereocenters. The molecule has 0 aromatic carbocycles. The van der Waals surface area contributed by atoms with Crippen molar-refractivity contribution in [3.05, 3.63) is 11.3 Å². The minimum absolute atomic E-state index is 0.126. The van der Waals surface area contributed by atoms with Crippen molar-refractivity contribution in [3.8, 4) is 0 Å². The van der Waals surface area contributed by atoms with Crippen molar-refractivity contribution < 1.29 is 23.9 Å². The fourth-order valence-electron chi connectivity index (χ4n) is 2.32. The molecular formula is C15H26N4O5. The van der Waals surface area contributed by atoms with Gasteiger partial charge in [0, 0.05) is 25.9 Å². The molecule has 1 heterocycles. The summed E-state index contributed by atoms with van der Waals surface area (Å²) in [5.74, 6) is -0.647. The molecule has 0 fully saturated rings. The second kappa shape index (κ2) is 9.89. The maximum Gasteiger partial charge on any atom is 0.337 e. The van der Waals surface area contributed by atoms with Crippen molar-refractivity contribution in [1.29, 1.82) is 0 Å². The topological polar surface area (TPSA) is 109 Å². The lowest BCUT2D eigenvalue weighted by Crippen LogP contribution is -2.51. The number of hydrogen-bond acceptors (Lipinski definition) is 6. The first-order valence-electron chi connectivity index (χ1n) is 7.80. The van der Waals surface area contributed by atoms with Crippen molar-refractivity contribution in [1.82, 2.24) is 20.9 Å². The Morgan fingerprint density at radius 3 is 2.71 bits per heavy atom. The summed E-state index contributed by atoms with van der Waals surface area (Å²) in [6.45, 7) is 4.90. The molecule has 1 aliphatic rings. The molecule has 24 heavy (non-hydrogen) atoms. The molecule has 3 N–H and O–H groups in total. The second-order valence-corrected chi connectivity index (χ2v) is 5.45. The molecule has 1 rings (SSSR count). The van der Waals surface area contributed by atoms with E-state index in [0.29, 0.717) is 24.4 Å². The normalized spacial score (nSPS) is 17.4. The first-order valence-corrected chi connectivity index (χ1v) is 7.80. The zero-order chi connectivity index (χ0) is 18.1. The zero-order valence-corrected chi connectivity index (χ0v) is 14.6. The Bertz CT molecular complexity index is 506. The predicted octanol–water partition coefficient (Wildman–Crippen LogP) is -0.801. The van der Waals surface area contributed by atoms with Crippen LogP contribution in [0.25, 0.3) is 0 Å². The average molecular weight is 342 g/mol. The zero-order valence-electron chi connectivity index (χ0n) is 14.6. The number of methoxy groups -OCH3 is 1. The smallest absolute Gasteiger partial charge is 0.337 e. The number of hydrogen-bond donors (Lipinski definition) is 3. The SMILES string of the molecule is CCOC(=O)C1=C(CN(C)CC(=O)NCCOC)NC(=O)NC1C. The van der Waals surface area contributed by atoms with Crippen molar-refractivity contribution in [3.63, 3.8) is 0 Å². The lowest BCUT2D eigenvalue weighted by molar-refractivity contribution is -0.139. The molecular weight excluding hydrogens is 316 g/mol. The monoisotopic (exact) mass is 342 g/mol. The summed E-state index contributed by atoms with van der Waals surface area (Å²) in [6, 6.07) is -0.847. The minimum atomic E-state index is -0.481. The second-order valence-electron chi connectivity index (χ2n) is 5.45. The number of urea groups is 1. The number of likely N-dealkylation sites (N-methyl/N-ethyl adjacent to an activating group) is 1. The highest BCUT2D eigenvalue weighted by molar-refractivity contribution is 5.94. The first-order chi connectivity index (χ1) is 11.4. The molecule has 9 nitrogen and oxygen atoms in total. The third kappa shape index (κ3) is 6.17. The Morgan fingerprint density at radius 2 is 2.08 bits per heavy atom. The molecule has 0 saturated heterocycles. The van der Waals surface area contributed by atoms with Crippen LogP contribution in [0.4, 0.5) is 4.79 Å². The summed E-state index contributed by atoms with van der Waals surface area (Å²) in [6.07, 6.45) is 0. The molecule has 0 spiro atoms.